The summed E-state index contributed by atoms with van der Waals surface area (Å²) in [4.78, 5) is 2.29. The van der Waals surface area contributed by atoms with Crippen LogP contribution in [0.2, 0.25) is 5.15 Å². The lowest BCUT2D eigenvalue weighted by molar-refractivity contribution is 0.272. The summed E-state index contributed by atoms with van der Waals surface area (Å²) in [6, 6.07) is 10.4. The summed E-state index contributed by atoms with van der Waals surface area (Å²) < 4.78 is 1.72. The smallest absolute Gasteiger partial charge is 0.131 e. The minimum Gasteiger partial charge on any atom is -0.293 e. The number of halogens is 2. The van der Waals surface area contributed by atoms with Gasteiger partial charge in [-0.1, -0.05) is 41.9 Å². The fourth-order valence-electron chi connectivity index (χ4n) is 2.25. The molecule has 0 N–H and O–H groups in total. The highest BCUT2D eigenvalue weighted by Crippen LogP contribution is 2.21. The number of aromatic nitrogens is 2. The van der Waals surface area contributed by atoms with Crippen LogP contribution in [0.1, 0.15) is 16.8 Å². The average molecular weight is 312 g/mol. The van der Waals surface area contributed by atoms with E-state index < -0.39 is 0 Å². The zero-order valence-electron chi connectivity index (χ0n) is 11.8. The second kappa shape index (κ2) is 7.11. The Balaban J connectivity index is 2.13. The van der Waals surface area contributed by atoms with Crippen LogP contribution in [-0.2, 0) is 20.1 Å². The molecule has 1 aromatic heterocycles. The lowest BCUT2D eigenvalue weighted by Gasteiger charge is -2.21. The summed E-state index contributed by atoms with van der Waals surface area (Å²) in [6.45, 7) is 4.43. The van der Waals surface area contributed by atoms with Crippen molar-refractivity contribution >= 4 is 23.2 Å². The maximum atomic E-state index is 6.30. The summed E-state index contributed by atoms with van der Waals surface area (Å²) in [5, 5.41) is 5.06. The summed E-state index contributed by atoms with van der Waals surface area (Å²) in [6.07, 6.45) is 0. The first kappa shape index (κ1) is 15.4. The molecule has 0 spiro atoms. The van der Waals surface area contributed by atoms with Gasteiger partial charge in [0, 0.05) is 38.1 Å². The predicted molar refractivity (Wildman–Crippen MR) is 84.2 cm³/mol. The standard InChI is InChI=1S/C15H19Cl2N3/c1-12-14(15(17)19(2)18-12)11-20(9-8-16)10-13-6-4-3-5-7-13/h3-7H,8-11H2,1-2H3. The molecule has 0 aliphatic rings. The zero-order valence-corrected chi connectivity index (χ0v) is 13.3. The molecule has 3 nitrogen and oxygen atoms in total. The Morgan fingerprint density at radius 3 is 2.45 bits per heavy atom. The fourth-order valence-corrected chi connectivity index (χ4v) is 2.73. The second-order valence-electron chi connectivity index (χ2n) is 4.86. The van der Waals surface area contributed by atoms with Crippen molar-refractivity contribution in [3.8, 4) is 0 Å². The summed E-state index contributed by atoms with van der Waals surface area (Å²) >= 11 is 12.2. The molecule has 0 saturated heterocycles. The summed E-state index contributed by atoms with van der Waals surface area (Å²) in [5.74, 6) is 0.601. The highest BCUT2D eigenvalue weighted by atomic mass is 35.5. The van der Waals surface area contributed by atoms with E-state index in [4.69, 9.17) is 23.2 Å². The van der Waals surface area contributed by atoms with Crippen LogP contribution in [0.5, 0.6) is 0 Å². The molecule has 0 aliphatic heterocycles. The van der Waals surface area contributed by atoms with Crippen LogP contribution in [0.15, 0.2) is 30.3 Å². The third-order valence-electron chi connectivity index (χ3n) is 3.30. The highest BCUT2D eigenvalue weighted by Gasteiger charge is 2.15. The lowest BCUT2D eigenvalue weighted by atomic mass is 10.2. The molecule has 2 aromatic rings. The van der Waals surface area contributed by atoms with Crippen LogP contribution in [0.4, 0.5) is 0 Å². The van der Waals surface area contributed by atoms with Gasteiger partial charge in [-0.2, -0.15) is 5.10 Å². The highest BCUT2D eigenvalue weighted by molar-refractivity contribution is 6.30. The van der Waals surface area contributed by atoms with Gasteiger partial charge in [0.25, 0.3) is 0 Å². The maximum absolute atomic E-state index is 6.30. The van der Waals surface area contributed by atoms with Crippen molar-refractivity contribution in [2.75, 3.05) is 12.4 Å². The molecule has 0 fully saturated rings. The summed E-state index contributed by atoms with van der Waals surface area (Å²) in [5.41, 5.74) is 3.33. The van der Waals surface area contributed by atoms with E-state index in [1.165, 1.54) is 5.56 Å². The maximum Gasteiger partial charge on any atom is 0.131 e. The van der Waals surface area contributed by atoms with Gasteiger partial charge in [-0.05, 0) is 12.5 Å². The molecule has 0 amide bonds. The molecule has 5 heteroatoms. The molecule has 108 valence electrons. The summed E-state index contributed by atoms with van der Waals surface area (Å²) in [7, 11) is 1.86. The van der Waals surface area contributed by atoms with Gasteiger partial charge in [0.15, 0.2) is 0 Å². The van der Waals surface area contributed by atoms with Gasteiger partial charge >= 0.3 is 0 Å². The fraction of sp³-hybridized carbons (Fsp3) is 0.400. The van der Waals surface area contributed by atoms with Gasteiger partial charge in [-0.3, -0.25) is 9.58 Å². The molecule has 1 heterocycles. The molecule has 20 heavy (non-hydrogen) atoms. The SMILES string of the molecule is Cc1nn(C)c(Cl)c1CN(CCCl)Cc1ccccc1. The van der Waals surface area contributed by atoms with Gasteiger partial charge < -0.3 is 0 Å². The third kappa shape index (κ3) is 3.75. The van der Waals surface area contributed by atoms with Crippen molar-refractivity contribution < 1.29 is 0 Å². The molecule has 2 rings (SSSR count). The van der Waals surface area contributed by atoms with Gasteiger partial charge in [-0.25, -0.2) is 0 Å². The van der Waals surface area contributed by atoms with E-state index in [9.17, 15) is 0 Å². The van der Waals surface area contributed by atoms with Gasteiger partial charge in [0.2, 0.25) is 0 Å². The van der Waals surface area contributed by atoms with Gasteiger partial charge in [0.1, 0.15) is 5.15 Å². The molecule has 0 unspecified atom stereocenters. The third-order valence-corrected chi connectivity index (χ3v) is 3.94. The topological polar surface area (TPSA) is 21.1 Å². The van der Waals surface area contributed by atoms with E-state index in [1.807, 2.05) is 20.0 Å². The van der Waals surface area contributed by atoms with E-state index >= 15 is 0 Å². The van der Waals surface area contributed by atoms with Crippen molar-refractivity contribution in [2.45, 2.75) is 20.0 Å². The number of benzene rings is 1. The molecule has 0 aliphatic carbocycles. The molecule has 0 atom stereocenters. The lowest BCUT2D eigenvalue weighted by Crippen LogP contribution is -2.25. The number of rotatable bonds is 6. The van der Waals surface area contributed by atoms with Crippen LogP contribution >= 0.6 is 23.2 Å². The van der Waals surface area contributed by atoms with Gasteiger partial charge in [0.05, 0.1) is 5.69 Å². The van der Waals surface area contributed by atoms with Crippen LogP contribution in [0, 0.1) is 6.92 Å². The molecule has 0 radical (unpaired) electrons. The van der Waals surface area contributed by atoms with E-state index in [1.54, 1.807) is 4.68 Å². The second-order valence-corrected chi connectivity index (χ2v) is 5.60. The Morgan fingerprint density at radius 2 is 1.90 bits per heavy atom. The Morgan fingerprint density at radius 1 is 1.20 bits per heavy atom. The molecule has 0 saturated carbocycles. The normalized spacial score (nSPS) is 11.2. The number of hydrogen-bond acceptors (Lipinski definition) is 2. The minimum atomic E-state index is 0.601. The van der Waals surface area contributed by atoms with Crippen molar-refractivity contribution in [1.29, 1.82) is 0 Å². The number of alkyl halides is 1. The molecular formula is C15H19Cl2N3. The minimum absolute atomic E-state index is 0.601. The van der Waals surface area contributed by atoms with E-state index in [0.717, 1.165) is 30.9 Å². The zero-order chi connectivity index (χ0) is 14.5. The first-order chi connectivity index (χ1) is 9.61. The van der Waals surface area contributed by atoms with Crippen molar-refractivity contribution in [1.82, 2.24) is 14.7 Å². The quantitative estimate of drug-likeness (QED) is 0.760. The Labute approximate surface area is 130 Å². The van der Waals surface area contributed by atoms with Crippen LogP contribution in [0.25, 0.3) is 0 Å². The van der Waals surface area contributed by atoms with E-state index in [-0.39, 0.29) is 0 Å². The number of aryl methyl sites for hydroxylation is 2. The van der Waals surface area contributed by atoms with Crippen molar-refractivity contribution in [2.24, 2.45) is 7.05 Å². The Kier molecular flexibility index (Phi) is 5.46. The number of hydrogen-bond donors (Lipinski definition) is 0. The number of nitrogens with zero attached hydrogens (tertiary/aromatic N) is 3. The Bertz CT molecular complexity index is 552. The van der Waals surface area contributed by atoms with Crippen LogP contribution < -0.4 is 0 Å². The predicted octanol–water partition coefficient (Wildman–Crippen LogP) is 3.62. The monoisotopic (exact) mass is 311 g/mol. The van der Waals surface area contributed by atoms with Crippen molar-refractivity contribution in [3.05, 3.63) is 52.3 Å². The first-order valence-electron chi connectivity index (χ1n) is 6.62. The molecule has 1 aromatic carbocycles. The Hall–Kier alpha value is -1.03. The van der Waals surface area contributed by atoms with Crippen molar-refractivity contribution in [3.63, 3.8) is 0 Å². The van der Waals surface area contributed by atoms with Crippen LogP contribution in [-0.4, -0.2) is 27.1 Å². The van der Waals surface area contributed by atoms with E-state index in [0.29, 0.717) is 11.0 Å². The largest absolute Gasteiger partial charge is 0.293 e. The molecule has 0 bridgehead atoms. The molecular weight excluding hydrogens is 293 g/mol. The average Bonchev–Trinajstić information content (AvgIpc) is 2.67. The first-order valence-corrected chi connectivity index (χ1v) is 7.53. The van der Waals surface area contributed by atoms with Gasteiger partial charge in [-0.15, -0.1) is 11.6 Å². The van der Waals surface area contributed by atoms with E-state index in [2.05, 4.69) is 34.3 Å². The van der Waals surface area contributed by atoms with Crippen LogP contribution in [0.3, 0.4) is 0 Å².